The maximum absolute atomic E-state index is 5.77. The maximum Gasteiger partial charge on any atom is 0.129 e. The van der Waals surface area contributed by atoms with Gasteiger partial charge in [0.2, 0.25) is 0 Å². The lowest BCUT2D eigenvalue weighted by Crippen LogP contribution is -2.22. The van der Waals surface area contributed by atoms with Gasteiger partial charge < -0.3 is 10.1 Å². The summed E-state index contributed by atoms with van der Waals surface area (Å²) >= 11 is 5.77. The van der Waals surface area contributed by atoms with E-state index in [1.54, 1.807) is 6.07 Å². The zero-order valence-corrected chi connectivity index (χ0v) is 10.1. The number of rotatable bonds is 5. The van der Waals surface area contributed by atoms with Crippen molar-refractivity contribution in [3.63, 3.8) is 0 Å². The average molecular weight is 229 g/mol. The molecule has 0 saturated carbocycles. The largest absolute Gasteiger partial charge is 0.380 e. The van der Waals surface area contributed by atoms with Crippen LogP contribution in [0.25, 0.3) is 0 Å². The fourth-order valence-corrected chi connectivity index (χ4v) is 1.47. The van der Waals surface area contributed by atoms with Crippen molar-refractivity contribution in [3.8, 4) is 0 Å². The molecule has 0 radical (unpaired) electrons. The number of aromatic nitrogens is 1. The molecule has 0 amide bonds. The molecule has 84 valence electrons. The van der Waals surface area contributed by atoms with Gasteiger partial charge in [0.15, 0.2) is 0 Å². The second kappa shape index (κ2) is 5.93. The predicted molar refractivity (Wildman–Crippen MR) is 63.6 cm³/mol. The number of pyridine rings is 1. The Morgan fingerprint density at radius 3 is 2.87 bits per heavy atom. The molecular weight excluding hydrogens is 212 g/mol. The van der Waals surface area contributed by atoms with Crippen molar-refractivity contribution < 1.29 is 4.74 Å². The van der Waals surface area contributed by atoms with Gasteiger partial charge in [0.05, 0.1) is 18.0 Å². The lowest BCUT2D eigenvalue weighted by Gasteiger charge is -2.16. The lowest BCUT2D eigenvalue weighted by molar-refractivity contribution is 0.141. The molecule has 0 saturated heterocycles. The minimum atomic E-state index is 0.270. The van der Waals surface area contributed by atoms with Gasteiger partial charge in [-0.2, -0.15) is 0 Å². The third-order valence-electron chi connectivity index (χ3n) is 2.03. The zero-order chi connectivity index (χ0) is 11.3. The van der Waals surface area contributed by atoms with Crippen molar-refractivity contribution >= 4 is 17.3 Å². The van der Waals surface area contributed by atoms with Gasteiger partial charge >= 0.3 is 0 Å². The molecule has 1 aromatic rings. The first-order chi connectivity index (χ1) is 7.13. The van der Waals surface area contributed by atoms with Crippen LogP contribution >= 0.6 is 11.6 Å². The second-order valence-corrected chi connectivity index (χ2v) is 3.86. The summed E-state index contributed by atoms with van der Waals surface area (Å²) in [7, 11) is 0. The minimum Gasteiger partial charge on any atom is -0.380 e. The van der Waals surface area contributed by atoms with Crippen LogP contribution in [0.2, 0.25) is 5.15 Å². The zero-order valence-electron chi connectivity index (χ0n) is 9.38. The number of anilines is 1. The molecule has 0 aliphatic heterocycles. The van der Waals surface area contributed by atoms with Gasteiger partial charge in [-0.05, 0) is 32.9 Å². The molecule has 0 aromatic carbocycles. The van der Waals surface area contributed by atoms with E-state index >= 15 is 0 Å². The van der Waals surface area contributed by atoms with Gasteiger partial charge in [-0.15, -0.1) is 0 Å². The number of halogens is 1. The van der Waals surface area contributed by atoms with Crippen LogP contribution in [0.3, 0.4) is 0 Å². The van der Waals surface area contributed by atoms with Crippen molar-refractivity contribution in [1.82, 2.24) is 4.98 Å². The van der Waals surface area contributed by atoms with Crippen LogP contribution < -0.4 is 5.32 Å². The van der Waals surface area contributed by atoms with E-state index < -0.39 is 0 Å². The molecule has 0 aliphatic rings. The lowest BCUT2D eigenvalue weighted by atomic mass is 10.2. The highest BCUT2D eigenvalue weighted by Gasteiger charge is 2.05. The Labute approximate surface area is 95.8 Å². The summed E-state index contributed by atoms with van der Waals surface area (Å²) in [6.07, 6.45) is 0. The average Bonchev–Trinajstić information content (AvgIpc) is 2.19. The van der Waals surface area contributed by atoms with Crippen LogP contribution in [0.1, 0.15) is 19.5 Å². The van der Waals surface area contributed by atoms with E-state index in [-0.39, 0.29) is 6.04 Å². The van der Waals surface area contributed by atoms with Crippen molar-refractivity contribution in [2.45, 2.75) is 26.8 Å². The van der Waals surface area contributed by atoms with Crippen LogP contribution in [0, 0.1) is 6.92 Å². The summed E-state index contributed by atoms with van der Waals surface area (Å²) in [5.74, 6) is 0. The fraction of sp³-hybridized carbons (Fsp3) is 0.545. The van der Waals surface area contributed by atoms with Crippen LogP contribution in [0.5, 0.6) is 0 Å². The number of hydrogen-bond donors (Lipinski definition) is 1. The first-order valence-electron chi connectivity index (χ1n) is 5.11. The summed E-state index contributed by atoms with van der Waals surface area (Å²) < 4.78 is 5.32. The normalized spacial score (nSPS) is 12.5. The quantitative estimate of drug-likeness (QED) is 0.787. The number of nitrogens with zero attached hydrogens (tertiary/aromatic N) is 1. The highest BCUT2D eigenvalue weighted by molar-refractivity contribution is 6.29. The number of ether oxygens (including phenoxy) is 1. The van der Waals surface area contributed by atoms with Gasteiger partial charge in [-0.3, -0.25) is 0 Å². The third-order valence-corrected chi connectivity index (χ3v) is 2.24. The summed E-state index contributed by atoms with van der Waals surface area (Å²) in [5.41, 5.74) is 1.91. The number of nitrogens with one attached hydrogen (secondary N) is 1. The molecule has 3 nitrogen and oxygen atoms in total. The van der Waals surface area contributed by atoms with Gasteiger partial charge in [0, 0.05) is 12.6 Å². The summed E-state index contributed by atoms with van der Waals surface area (Å²) in [6.45, 7) is 7.43. The second-order valence-electron chi connectivity index (χ2n) is 3.47. The molecule has 0 unspecified atom stereocenters. The molecule has 15 heavy (non-hydrogen) atoms. The van der Waals surface area contributed by atoms with E-state index in [0.717, 1.165) is 18.0 Å². The highest BCUT2D eigenvalue weighted by atomic mass is 35.5. The molecule has 4 heteroatoms. The van der Waals surface area contributed by atoms with E-state index in [9.17, 15) is 0 Å². The van der Waals surface area contributed by atoms with Gasteiger partial charge in [0.1, 0.15) is 5.15 Å². The Hall–Kier alpha value is -0.800. The Kier molecular flexibility index (Phi) is 4.85. The smallest absolute Gasteiger partial charge is 0.129 e. The van der Waals surface area contributed by atoms with Crippen LogP contribution in [-0.4, -0.2) is 24.2 Å². The molecule has 1 heterocycles. The van der Waals surface area contributed by atoms with Crippen LogP contribution in [-0.2, 0) is 4.74 Å². The first-order valence-corrected chi connectivity index (χ1v) is 5.48. The summed E-state index contributed by atoms with van der Waals surface area (Å²) in [5, 5.41) is 3.85. The van der Waals surface area contributed by atoms with Crippen molar-refractivity contribution in [3.05, 3.63) is 23.0 Å². The fourth-order valence-electron chi connectivity index (χ4n) is 1.28. The van der Waals surface area contributed by atoms with Gasteiger partial charge in [-0.25, -0.2) is 4.98 Å². The molecule has 0 fully saturated rings. The number of aryl methyl sites for hydroxylation is 1. The standard InChI is InChI=1S/C11H17ClN2O/c1-4-15-7-8(2)13-10-5-6-11(12)14-9(10)3/h5-6,8,13H,4,7H2,1-3H3/t8-/m0/s1. The van der Waals surface area contributed by atoms with Crippen molar-refractivity contribution in [2.75, 3.05) is 18.5 Å². The molecule has 1 aromatic heterocycles. The molecule has 1 N–H and O–H groups in total. The van der Waals surface area contributed by atoms with Crippen LogP contribution in [0.4, 0.5) is 5.69 Å². The molecule has 1 atom stereocenters. The third kappa shape index (κ3) is 4.06. The Bertz CT molecular complexity index is 317. The van der Waals surface area contributed by atoms with Gasteiger partial charge in [-0.1, -0.05) is 11.6 Å². The predicted octanol–water partition coefficient (Wildman–Crippen LogP) is 2.88. The summed E-state index contributed by atoms with van der Waals surface area (Å²) in [4.78, 5) is 4.17. The van der Waals surface area contributed by atoms with Crippen LogP contribution in [0.15, 0.2) is 12.1 Å². The Morgan fingerprint density at radius 1 is 1.53 bits per heavy atom. The summed E-state index contributed by atoms with van der Waals surface area (Å²) in [6, 6.07) is 3.99. The van der Waals surface area contributed by atoms with Crippen molar-refractivity contribution in [2.24, 2.45) is 0 Å². The van der Waals surface area contributed by atoms with E-state index in [1.807, 2.05) is 19.9 Å². The van der Waals surface area contributed by atoms with E-state index in [0.29, 0.717) is 11.8 Å². The van der Waals surface area contributed by atoms with E-state index in [4.69, 9.17) is 16.3 Å². The molecule has 1 rings (SSSR count). The molecule has 0 aliphatic carbocycles. The SMILES string of the molecule is CCOC[C@H](C)Nc1ccc(Cl)nc1C. The topological polar surface area (TPSA) is 34.1 Å². The van der Waals surface area contributed by atoms with Crippen molar-refractivity contribution in [1.29, 1.82) is 0 Å². The van der Waals surface area contributed by atoms with Gasteiger partial charge in [0.25, 0.3) is 0 Å². The maximum atomic E-state index is 5.77. The molecule has 0 spiro atoms. The number of hydrogen-bond acceptors (Lipinski definition) is 3. The first kappa shape index (κ1) is 12.3. The van der Waals surface area contributed by atoms with E-state index in [2.05, 4.69) is 17.2 Å². The molecule has 0 bridgehead atoms. The van der Waals surface area contributed by atoms with E-state index in [1.165, 1.54) is 0 Å². The molecular formula is C11H17ClN2O. The minimum absolute atomic E-state index is 0.270. The monoisotopic (exact) mass is 228 g/mol. The Morgan fingerprint density at radius 2 is 2.27 bits per heavy atom. The Balaban J connectivity index is 2.56. The highest BCUT2D eigenvalue weighted by Crippen LogP contribution is 2.16.